The van der Waals surface area contributed by atoms with Gasteiger partial charge in [0.05, 0.1) is 15.1 Å². The maximum Gasteiger partial charge on any atom is 0.279 e. The number of halogens is 1. The Labute approximate surface area is 179 Å². The first-order chi connectivity index (χ1) is 14.3. The second kappa shape index (κ2) is 9.20. The first-order valence-electron chi connectivity index (χ1n) is 9.73. The number of sulfonamides is 1. The van der Waals surface area contributed by atoms with Gasteiger partial charge in [-0.15, -0.1) is 0 Å². The molecule has 2 aromatic carbocycles. The number of amides is 1. The normalized spacial score (nSPS) is 12.8. The number of para-hydroxylation sites is 1. The Morgan fingerprint density at radius 2 is 1.87 bits per heavy atom. The second-order valence-electron chi connectivity index (χ2n) is 6.82. The van der Waals surface area contributed by atoms with Gasteiger partial charge in [0, 0.05) is 25.7 Å². The summed E-state index contributed by atoms with van der Waals surface area (Å²) >= 11 is 1.22. The van der Waals surface area contributed by atoms with Crippen LogP contribution in [0.2, 0.25) is 0 Å². The highest BCUT2D eigenvalue weighted by molar-refractivity contribution is 7.89. The van der Waals surface area contributed by atoms with Crippen LogP contribution in [0.25, 0.3) is 10.2 Å². The van der Waals surface area contributed by atoms with Gasteiger partial charge in [0.1, 0.15) is 5.82 Å². The van der Waals surface area contributed by atoms with Gasteiger partial charge < -0.3 is 4.57 Å². The zero-order valence-corrected chi connectivity index (χ0v) is 18.8. The summed E-state index contributed by atoms with van der Waals surface area (Å²) < 4.78 is 43.3. The van der Waals surface area contributed by atoms with E-state index in [1.165, 1.54) is 46.0 Å². The minimum atomic E-state index is -3.61. The number of unbranched alkanes of at least 4 members (excludes halogenated alkanes) is 1. The van der Waals surface area contributed by atoms with E-state index in [9.17, 15) is 17.6 Å². The van der Waals surface area contributed by atoms with Gasteiger partial charge in [-0.25, -0.2) is 12.8 Å². The van der Waals surface area contributed by atoms with E-state index in [0.717, 1.165) is 12.8 Å². The molecular formula is C21H24FN3O3S2. The number of aryl methyl sites for hydroxylation is 1. The zero-order chi connectivity index (χ0) is 21.9. The van der Waals surface area contributed by atoms with Crippen molar-refractivity contribution in [3.8, 4) is 0 Å². The molecule has 0 bridgehead atoms. The van der Waals surface area contributed by atoms with Crippen LogP contribution >= 0.6 is 11.3 Å². The molecule has 1 aromatic heterocycles. The molecule has 0 aliphatic carbocycles. The van der Waals surface area contributed by atoms with Gasteiger partial charge in [0.25, 0.3) is 5.91 Å². The van der Waals surface area contributed by atoms with Crippen LogP contribution in [0.4, 0.5) is 4.39 Å². The summed E-state index contributed by atoms with van der Waals surface area (Å²) in [5.74, 6) is -0.891. The Kier molecular flexibility index (Phi) is 6.84. The lowest BCUT2D eigenvalue weighted by Gasteiger charge is -2.20. The number of nitrogens with zero attached hydrogens (tertiary/aromatic N) is 3. The molecule has 0 spiro atoms. The first-order valence-corrected chi connectivity index (χ1v) is 12.0. The maximum atomic E-state index is 14.0. The molecule has 0 unspecified atom stereocenters. The van der Waals surface area contributed by atoms with Crippen molar-refractivity contribution in [1.29, 1.82) is 0 Å². The van der Waals surface area contributed by atoms with Crippen molar-refractivity contribution in [3.05, 3.63) is 58.6 Å². The third-order valence-corrected chi connectivity index (χ3v) is 7.91. The molecule has 0 aliphatic rings. The average molecular weight is 450 g/mol. The molecule has 30 heavy (non-hydrogen) atoms. The molecule has 160 valence electrons. The van der Waals surface area contributed by atoms with E-state index in [1.807, 2.05) is 6.92 Å². The topological polar surface area (TPSA) is 71.7 Å². The SMILES string of the molecule is CCCCN(CC)S(=O)(=O)c1ccc(C(=O)N=c2sc3cccc(F)c3n2C)cc1. The number of aromatic nitrogens is 1. The molecule has 0 saturated heterocycles. The van der Waals surface area contributed by atoms with E-state index in [2.05, 4.69) is 4.99 Å². The first kappa shape index (κ1) is 22.3. The van der Waals surface area contributed by atoms with Crippen LogP contribution in [-0.4, -0.2) is 36.3 Å². The minimum absolute atomic E-state index is 0.145. The molecule has 6 nitrogen and oxygen atoms in total. The summed E-state index contributed by atoms with van der Waals surface area (Å²) in [4.78, 5) is 17.2. The van der Waals surface area contributed by atoms with E-state index < -0.39 is 15.9 Å². The maximum absolute atomic E-state index is 14.0. The van der Waals surface area contributed by atoms with E-state index in [1.54, 1.807) is 30.7 Å². The van der Waals surface area contributed by atoms with Crippen LogP contribution < -0.4 is 4.80 Å². The molecule has 0 aliphatic heterocycles. The van der Waals surface area contributed by atoms with Gasteiger partial charge in [0.2, 0.25) is 10.0 Å². The van der Waals surface area contributed by atoms with E-state index in [-0.39, 0.29) is 16.3 Å². The van der Waals surface area contributed by atoms with Crippen LogP contribution in [0.5, 0.6) is 0 Å². The molecule has 9 heteroatoms. The van der Waals surface area contributed by atoms with Crippen LogP contribution in [0.15, 0.2) is 52.4 Å². The smallest absolute Gasteiger partial charge is 0.279 e. The number of carbonyl (C=O) groups excluding carboxylic acids is 1. The van der Waals surface area contributed by atoms with Crippen molar-refractivity contribution >= 4 is 37.5 Å². The molecule has 1 heterocycles. The van der Waals surface area contributed by atoms with Crippen LogP contribution in [0.1, 0.15) is 37.0 Å². The van der Waals surface area contributed by atoms with Crippen molar-refractivity contribution < 1.29 is 17.6 Å². The standard InChI is InChI=1S/C21H24FN3O3S2/c1-4-6-14-25(5-2)30(27,28)16-12-10-15(11-13-16)20(26)23-21-24(3)19-17(22)8-7-9-18(19)29-21/h7-13H,4-6,14H2,1-3H3. The van der Waals surface area contributed by atoms with Gasteiger partial charge in [-0.3, -0.25) is 4.79 Å². The average Bonchev–Trinajstić information content (AvgIpc) is 3.05. The molecule has 0 saturated carbocycles. The minimum Gasteiger partial charge on any atom is -0.317 e. The zero-order valence-electron chi connectivity index (χ0n) is 17.1. The second-order valence-corrected chi connectivity index (χ2v) is 9.77. The molecule has 0 N–H and O–H groups in total. The number of hydrogen-bond acceptors (Lipinski definition) is 4. The van der Waals surface area contributed by atoms with Crippen LogP contribution in [-0.2, 0) is 17.1 Å². The summed E-state index contributed by atoms with van der Waals surface area (Å²) in [6.45, 7) is 4.66. The van der Waals surface area contributed by atoms with E-state index in [4.69, 9.17) is 0 Å². The van der Waals surface area contributed by atoms with Crippen LogP contribution in [0, 0.1) is 5.82 Å². The fraction of sp³-hybridized carbons (Fsp3) is 0.333. The third-order valence-electron chi connectivity index (χ3n) is 4.82. The highest BCUT2D eigenvalue weighted by Gasteiger charge is 2.22. The lowest BCUT2D eigenvalue weighted by molar-refractivity contribution is 0.0998. The number of benzene rings is 2. The Bertz CT molecular complexity index is 1230. The molecule has 1 amide bonds. The van der Waals surface area contributed by atoms with Crippen LogP contribution in [0.3, 0.4) is 0 Å². The summed E-state index contributed by atoms with van der Waals surface area (Å²) in [6, 6.07) is 10.5. The van der Waals surface area contributed by atoms with Gasteiger partial charge in [0.15, 0.2) is 4.80 Å². The van der Waals surface area contributed by atoms with Crippen molar-refractivity contribution in [2.24, 2.45) is 12.0 Å². The largest absolute Gasteiger partial charge is 0.317 e. The Morgan fingerprint density at radius 1 is 1.17 bits per heavy atom. The highest BCUT2D eigenvalue weighted by atomic mass is 32.2. The predicted molar refractivity (Wildman–Crippen MR) is 116 cm³/mol. The van der Waals surface area contributed by atoms with Crippen molar-refractivity contribution in [1.82, 2.24) is 8.87 Å². The third kappa shape index (κ3) is 4.38. The number of thiazole rings is 1. The number of fused-ring (bicyclic) bond motifs is 1. The summed E-state index contributed by atoms with van der Waals surface area (Å²) in [7, 11) is -1.95. The number of rotatable bonds is 7. The number of carbonyl (C=O) groups is 1. The molecule has 3 rings (SSSR count). The highest BCUT2D eigenvalue weighted by Crippen LogP contribution is 2.20. The molecule has 0 fully saturated rings. The predicted octanol–water partition coefficient (Wildman–Crippen LogP) is 3.93. The van der Waals surface area contributed by atoms with Crippen molar-refractivity contribution in [2.45, 2.75) is 31.6 Å². The fourth-order valence-corrected chi connectivity index (χ4v) is 5.64. The summed E-state index contributed by atoms with van der Waals surface area (Å²) in [5, 5.41) is 0. The molecule has 3 aromatic rings. The number of hydrogen-bond donors (Lipinski definition) is 0. The van der Waals surface area contributed by atoms with E-state index in [0.29, 0.717) is 28.1 Å². The Balaban J connectivity index is 1.90. The summed E-state index contributed by atoms with van der Waals surface area (Å²) in [5.41, 5.74) is 0.658. The van der Waals surface area contributed by atoms with Gasteiger partial charge >= 0.3 is 0 Å². The van der Waals surface area contributed by atoms with Crippen molar-refractivity contribution in [3.63, 3.8) is 0 Å². The van der Waals surface area contributed by atoms with Gasteiger partial charge in [-0.2, -0.15) is 9.30 Å². The summed E-state index contributed by atoms with van der Waals surface area (Å²) in [6.07, 6.45) is 1.69. The molecular weight excluding hydrogens is 425 g/mol. The quantitative estimate of drug-likeness (QED) is 0.549. The van der Waals surface area contributed by atoms with Crippen molar-refractivity contribution in [2.75, 3.05) is 13.1 Å². The lowest BCUT2D eigenvalue weighted by atomic mass is 10.2. The Hall–Kier alpha value is -2.36. The van der Waals surface area contributed by atoms with Gasteiger partial charge in [-0.1, -0.05) is 37.7 Å². The molecule has 0 atom stereocenters. The Morgan fingerprint density at radius 3 is 2.47 bits per heavy atom. The van der Waals surface area contributed by atoms with E-state index >= 15 is 0 Å². The lowest BCUT2D eigenvalue weighted by Crippen LogP contribution is -2.31. The molecule has 0 radical (unpaired) electrons. The van der Waals surface area contributed by atoms with Gasteiger partial charge in [-0.05, 0) is 42.8 Å². The fourth-order valence-electron chi connectivity index (χ4n) is 3.12. The monoisotopic (exact) mass is 449 g/mol.